The van der Waals surface area contributed by atoms with Crippen LogP contribution < -0.4 is 5.32 Å². The molecule has 1 aromatic carbocycles. The van der Waals surface area contributed by atoms with Crippen molar-refractivity contribution in [1.29, 1.82) is 0 Å². The standard InChI is InChI=1S/C11H9Cl2N3O2S/c1-18-5-9-15-16-11(19-9)14-10(17)6-2-3-7(12)8(13)4-6/h2-4H,5H2,1H3,(H,14,16,17). The van der Waals surface area contributed by atoms with Gasteiger partial charge in [0.1, 0.15) is 11.6 Å². The molecule has 8 heteroatoms. The van der Waals surface area contributed by atoms with Crippen molar-refractivity contribution in [3.8, 4) is 0 Å². The Morgan fingerprint density at radius 1 is 1.37 bits per heavy atom. The zero-order valence-corrected chi connectivity index (χ0v) is 12.1. The Morgan fingerprint density at radius 3 is 2.84 bits per heavy atom. The maximum atomic E-state index is 11.9. The van der Waals surface area contributed by atoms with Crippen molar-refractivity contribution in [2.75, 3.05) is 12.4 Å². The maximum Gasteiger partial charge on any atom is 0.257 e. The van der Waals surface area contributed by atoms with E-state index in [1.54, 1.807) is 19.2 Å². The van der Waals surface area contributed by atoms with Crippen LogP contribution in [-0.2, 0) is 11.3 Å². The molecule has 2 aromatic rings. The molecule has 0 aliphatic rings. The van der Waals surface area contributed by atoms with Crippen molar-refractivity contribution in [3.05, 3.63) is 38.8 Å². The molecule has 2 rings (SSSR count). The molecular weight excluding hydrogens is 309 g/mol. The smallest absolute Gasteiger partial charge is 0.257 e. The van der Waals surface area contributed by atoms with Gasteiger partial charge in [-0.2, -0.15) is 0 Å². The van der Waals surface area contributed by atoms with Crippen LogP contribution in [0.2, 0.25) is 10.0 Å². The second-order valence-corrected chi connectivity index (χ2v) is 5.39. The van der Waals surface area contributed by atoms with Gasteiger partial charge in [-0.25, -0.2) is 0 Å². The van der Waals surface area contributed by atoms with Crippen LogP contribution in [-0.4, -0.2) is 23.2 Å². The van der Waals surface area contributed by atoms with Crippen molar-refractivity contribution in [2.45, 2.75) is 6.61 Å². The first kappa shape index (κ1) is 14.2. The number of methoxy groups -OCH3 is 1. The molecule has 1 heterocycles. The van der Waals surface area contributed by atoms with Crippen LogP contribution in [0.4, 0.5) is 5.13 Å². The van der Waals surface area contributed by atoms with Gasteiger partial charge in [0, 0.05) is 12.7 Å². The van der Waals surface area contributed by atoms with Crippen LogP contribution in [0.3, 0.4) is 0 Å². The molecule has 0 aliphatic carbocycles. The summed E-state index contributed by atoms with van der Waals surface area (Å²) in [4.78, 5) is 11.9. The molecule has 0 radical (unpaired) electrons. The van der Waals surface area contributed by atoms with Gasteiger partial charge in [0.15, 0.2) is 0 Å². The summed E-state index contributed by atoms with van der Waals surface area (Å²) < 4.78 is 4.92. The maximum absolute atomic E-state index is 11.9. The Balaban J connectivity index is 2.09. The largest absolute Gasteiger partial charge is 0.377 e. The van der Waals surface area contributed by atoms with E-state index in [1.165, 1.54) is 17.4 Å². The van der Waals surface area contributed by atoms with E-state index in [-0.39, 0.29) is 5.91 Å². The Morgan fingerprint density at radius 2 is 2.16 bits per heavy atom. The summed E-state index contributed by atoms with van der Waals surface area (Å²) in [5, 5.41) is 12.2. The number of carbonyl (C=O) groups is 1. The summed E-state index contributed by atoms with van der Waals surface area (Å²) in [6.07, 6.45) is 0. The van der Waals surface area contributed by atoms with Gasteiger partial charge in [0.25, 0.3) is 5.91 Å². The van der Waals surface area contributed by atoms with Crippen molar-refractivity contribution < 1.29 is 9.53 Å². The second-order valence-electron chi connectivity index (χ2n) is 3.52. The third kappa shape index (κ3) is 3.63. The number of rotatable bonds is 4. The number of hydrogen-bond acceptors (Lipinski definition) is 5. The molecule has 0 bridgehead atoms. The molecule has 5 nitrogen and oxygen atoms in total. The lowest BCUT2D eigenvalue weighted by Crippen LogP contribution is -2.11. The number of nitrogens with zero attached hydrogens (tertiary/aromatic N) is 2. The molecule has 0 spiro atoms. The molecule has 0 fully saturated rings. The highest BCUT2D eigenvalue weighted by molar-refractivity contribution is 7.15. The first-order valence-electron chi connectivity index (χ1n) is 5.18. The van der Waals surface area contributed by atoms with Crippen LogP contribution >= 0.6 is 34.5 Å². The summed E-state index contributed by atoms with van der Waals surface area (Å²) in [6, 6.07) is 4.65. The minimum atomic E-state index is -0.321. The number of nitrogens with one attached hydrogen (secondary N) is 1. The minimum Gasteiger partial charge on any atom is -0.377 e. The number of amides is 1. The lowest BCUT2D eigenvalue weighted by molar-refractivity contribution is 0.102. The first-order valence-corrected chi connectivity index (χ1v) is 6.75. The molecule has 0 saturated heterocycles. The molecule has 1 amide bonds. The highest BCUT2D eigenvalue weighted by Crippen LogP contribution is 2.23. The van der Waals surface area contributed by atoms with Crippen LogP contribution in [0, 0.1) is 0 Å². The van der Waals surface area contributed by atoms with Crippen molar-refractivity contribution in [2.24, 2.45) is 0 Å². The van der Waals surface area contributed by atoms with E-state index in [0.29, 0.717) is 32.4 Å². The molecular formula is C11H9Cl2N3O2S. The summed E-state index contributed by atoms with van der Waals surface area (Å²) in [5.74, 6) is -0.321. The number of benzene rings is 1. The minimum absolute atomic E-state index is 0.321. The predicted molar refractivity (Wildman–Crippen MR) is 75.0 cm³/mol. The average molecular weight is 318 g/mol. The molecule has 100 valence electrons. The molecule has 0 aliphatic heterocycles. The zero-order valence-electron chi connectivity index (χ0n) is 9.81. The van der Waals surface area contributed by atoms with Crippen molar-refractivity contribution in [1.82, 2.24) is 10.2 Å². The van der Waals surface area contributed by atoms with Crippen molar-refractivity contribution in [3.63, 3.8) is 0 Å². The lowest BCUT2D eigenvalue weighted by atomic mass is 10.2. The molecule has 0 atom stereocenters. The van der Waals surface area contributed by atoms with Crippen LogP contribution in [0.25, 0.3) is 0 Å². The molecule has 1 N–H and O–H groups in total. The van der Waals surface area contributed by atoms with Gasteiger partial charge < -0.3 is 4.74 Å². The Hall–Kier alpha value is -1.21. The van der Waals surface area contributed by atoms with Gasteiger partial charge in [-0.3, -0.25) is 10.1 Å². The second kappa shape index (κ2) is 6.29. The van der Waals surface area contributed by atoms with E-state index in [4.69, 9.17) is 27.9 Å². The van der Waals surface area contributed by atoms with Crippen molar-refractivity contribution >= 4 is 45.6 Å². The number of halogens is 2. The average Bonchev–Trinajstić information content (AvgIpc) is 2.80. The highest BCUT2D eigenvalue weighted by atomic mass is 35.5. The van der Waals surface area contributed by atoms with E-state index in [2.05, 4.69) is 15.5 Å². The molecule has 0 saturated carbocycles. The van der Waals surface area contributed by atoms with E-state index < -0.39 is 0 Å². The van der Waals surface area contributed by atoms with Gasteiger partial charge >= 0.3 is 0 Å². The van der Waals surface area contributed by atoms with E-state index in [1.807, 2.05) is 0 Å². The fourth-order valence-electron chi connectivity index (χ4n) is 1.29. The Labute approximate surface area is 123 Å². The number of hydrogen-bond donors (Lipinski definition) is 1. The molecule has 0 unspecified atom stereocenters. The third-order valence-corrected chi connectivity index (χ3v) is 3.69. The van der Waals surface area contributed by atoms with Gasteiger partial charge in [-0.15, -0.1) is 10.2 Å². The number of anilines is 1. The number of ether oxygens (including phenoxy) is 1. The number of aromatic nitrogens is 2. The first-order chi connectivity index (χ1) is 9.10. The van der Waals surface area contributed by atoms with E-state index in [0.717, 1.165) is 0 Å². The summed E-state index contributed by atoms with van der Waals surface area (Å²) in [5.41, 5.74) is 0.401. The van der Waals surface area contributed by atoms with Gasteiger partial charge in [0.2, 0.25) is 5.13 Å². The lowest BCUT2D eigenvalue weighted by Gasteiger charge is -2.02. The van der Waals surface area contributed by atoms with E-state index in [9.17, 15) is 4.79 Å². The van der Waals surface area contributed by atoms with Gasteiger partial charge in [-0.05, 0) is 18.2 Å². The SMILES string of the molecule is COCc1nnc(NC(=O)c2ccc(Cl)c(Cl)c2)s1. The number of carbonyl (C=O) groups excluding carboxylic acids is 1. The zero-order chi connectivity index (χ0) is 13.8. The van der Waals surface area contributed by atoms with E-state index >= 15 is 0 Å². The molecule has 19 heavy (non-hydrogen) atoms. The Kier molecular flexibility index (Phi) is 4.71. The van der Waals surface area contributed by atoms with Gasteiger partial charge in [0.05, 0.1) is 10.0 Å². The normalized spacial score (nSPS) is 10.5. The van der Waals surface area contributed by atoms with Gasteiger partial charge in [-0.1, -0.05) is 34.5 Å². The van der Waals surface area contributed by atoms with Crippen LogP contribution in [0.1, 0.15) is 15.4 Å². The summed E-state index contributed by atoms with van der Waals surface area (Å²) >= 11 is 12.9. The van der Waals surface area contributed by atoms with Crippen LogP contribution in [0.5, 0.6) is 0 Å². The monoisotopic (exact) mass is 317 g/mol. The summed E-state index contributed by atoms with van der Waals surface area (Å²) in [6.45, 7) is 0.361. The van der Waals surface area contributed by atoms with Crippen LogP contribution in [0.15, 0.2) is 18.2 Å². The topological polar surface area (TPSA) is 64.1 Å². The summed E-state index contributed by atoms with van der Waals surface area (Å²) in [7, 11) is 1.56. The third-order valence-electron chi connectivity index (χ3n) is 2.14. The highest BCUT2D eigenvalue weighted by Gasteiger charge is 2.11. The predicted octanol–water partition coefficient (Wildman–Crippen LogP) is 3.24. The fourth-order valence-corrected chi connectivity index (χ4v) is 2.30. The molecule has 1 aromatic heterocycles. The Bertz CT molecular complexity index is 603. The quantitative estimate of drug-likeness (QED) is 0.940. The fraction of sp³-hybridized carbons (Fsp3) is 0.182.